The zero-order valence-corrected chi connectivity index (χ0v) is 13.0. The van der Waals surface area contributed by atoms with Crippen molar-refractivity contribution in [3.63, 3.8) is 0 Å². The number of hydrogen-bond donors (Lipinski definition) is 2. The Morgan fingerprint density at radius 1 is 1.17 bits per heavy atom. The highest BCUT2D eigenvalue weighted by molar-refractivity contribution is 5.98. The molecular formula is C17H21N5O. The van der Waals surface area contributed by atoms with Crippen molar-refractivity contribution in [2.24, 2.45) is 5.84 Å². The maximum absolute atomic E-state index is 12.0. The van der Waals surface area contributed by atoms with Crippen LogP contribution in [0.15, 0.2) is 36.5 Å². The van der Waals surface area contributed by atoms with Crippen molar-refractivity contribution in [3.05, 3.63) is 53.5 Å². The zero-order chi connectivity index (χ0) is 16.1. The van der Waals surface area contributed by atoms with Crippen molar-refractivity contribution in [1.29, 1.82) is 0 Å². The van der Waals surface area contributed by atoms with Gasteiger partial charge in [0.15, 0.2) is 0 Å². The minimum atomic E-state index is -0.350. The van der Waals surface area contributed by atoms with E-state index < -0.39 is 0 Å². The zero-order valence-electron chi connectivity index (χ0n) is 13.0. The highest BCUT2D eigenvalue weighted by Gasteiger charge is 2.21. The van der Waals surface area contributed by atoms with Gasteiger partial charge in [0.05, 0.1) is 0 Å². The summed E-state index contributed by atoms with van der Waals surface area (Å²) in [6.45, 7) is 1.82. The van der Waals surface area contributed by atoms with Crippen LogP contribution in [0.25, 0.3) is 0 Å². The van der Waals surface area contributed by atoms with Gasteiger partial charge in [-0.05, 0) is 24.8 Å². The number of benzene rings is 1. The molecule has 1 fully saturated rings. The summed E-state index contributed by atoms with van der Waals surface area (Å²) < 4.78 is 0. The molecule has 0 aliphatic carbocycles. The fourth-order valence-electron chi connectivity index (χ4n) is 2.86. The number of anilines is 1. The van der Waals surface area contributed by atoms with E-state index in [-0.39, 0.29) is 5.91 Å². The lowest BCUT2D eigenvalue weighted by molar-refractivity contribution is 0.0953. The number of amides is 1. The molecule has 23 heavy (non-hydrogen) atoms. The lowest BCUT2D eigenvalue weighted by Crippen LogP contribution is -2.36. The number of carbonyl (C=O) groups is 1. The number of nitrogens with one attached hydrogen (secondary N) is 1. The molecule has 6 nitrogen and oxygen atoms in total. The number of nitrogens with two attached hydrogens (primary N) is 1. The molecule has 3 rings (SSSR count). The first-order valence-corrected chi connectivity index (χ1v) is 7.93. The van der Waals surface area contributed by atoms with Gasteiger partial charge in [0.2, 0.25) is 0 Å². The maximum Gasteiger partial charge on any atom is 0.270 e. The van der Waals surface area contributed by atoms with Crippen molar-refractivity contribution in [3.8, 4) is 0 Å². The van der Waals surface area contributed by atoms with E-state index in [1.165, 1.54) is 6.42 Å². The first-order chi connectivity index (χ1) is 11.3. The fourth-order valence-corrected chi connectivity index (χ4v) is 2.86. The molecular weight excluding hydrogens is 290 g/mol. The largest absolute Gasteiger partial charge is 0.356 e. The van der Waals surface area contributed by atoms with Gasteiger partial charge in [0.1, 0.15) is 17.2 Å². The van der Waals surface area contributed by atoms with Crippen LogP contribution in [0.3, 0.4) is 0 Å². The minimum absolute atomic E-state index is 0.350. The van der Waals surface area contributed by atoms with Crippen LogP contribution in [0, 0.1) is 0 Å². The van der Waals surface area contributed by atoms with Crippen molar-refractivity contribution in [1.82, 2.24) is 15.4 Å². The van der Waals surface area contributed by atoms with Crippen LogP contribution in [-0.2, 0) is 6.42 Å². The molecule has 1 aliphatic heterocycles. The van der Waals surface area contributed by atoms with E-state index in [0.717, 1.165) is 31.5 Å². The van der Waals surface area contributed by atoms with Crippen molar-refractivity contribution < 1.29 is 4.79 Å². The summed E-state index contributed by atoms with van der Waals surface area (Å²) in [5.74, 6) is 6.34. The summed E-state index contributed by atoms with van der Waals surface area (Å²) in [7, 11) is 0. The topological polar surface area (TPSA) is 84.1 Å². The van der Waals surface area contributed by atoms with Gasteiger partial charge >= 0.3 is 0 Å². The van der Waals surface area contributed by atoms with Gasteiger partial charge in [0, 0.05) is 25.7 Å². The Morgan fingerprint density at radius 2 is 1.91 bits per heavy atom. The maximum atomic E-state index is 12.0. The highest BCUT2D eigenvalue weighted by Crippen LogP contribution is 2.22. The van der Waals surface area contributed by atoms with Gasteiger partial charge in [-0.15, -0.1) is 0 Å². The molecule has 3 N–H and O–H groups in total. The average Bonchev–Trinajstić information content (AvgIpc) is 2.62. The molecule has 0 saturated carbocycles. The Morgan fingerprint density at radius 3 is 2.61 bits per heavy atom. The summed E-state index contributed by atoms with van der Waals surface area (Å²) >= 11 is 0. The third-order valence-electron chi connectivity index (χ3n) is 4.05. The third-order valence-corrected chi connectivity index (χ3v) is 4.05. The standard InChI is InChI=1S/C17H21N5O/c18-21-17(23)14-12-19-15(11-13-7-3-1-4-8-13)20-16(14)22-9-5-2-6-10-22/h1,3-4,7-8,12H,2,5-6,9-11,18H2,(H,21,23). The molecule has 0 unspecified atom stereocenters. The molecule has 2 heterocycles. The van der Waals surface area contributed by atoms with Crippen LogP contribution in [-0.4, -0.2) is 29.0 Å². The number of nitrogens with zero attached hydrogens (tertiary/aromatic N) is 3. The molecule has 0 bridgehead atoms. The van der Waals surface area contributed by atoms with E-state index in [1.807, 2.05) is 30.3 Å². The minimum Gasteiger partial charge on any atom is -0.356 e. The smallest absolute Gasteiger partial charge is 0.270 e. The number of aromatic nitrogens is 2. The molecule has 1 aliphatic rings. The fraction of sp³-hybridized carbons (Fsp3) is 0.353. The second-order valence-corrected chi connectivity index (χ2v) is 5.71. The number of nitrogen functional groups attached to an aromatic ring is 1. The number of rotatable bonds is 4. The Hall–Kier alpha value is -2.47. The summed E-state index contributed by atoms with van der Waals surface area (Å²) in [6, 6.07) is 10.1. The first-order valence-electron chi connectivity index (χ1n) is 7.93. The second-order valence-electron chi connectivity index (χ2n) is 5.71. The van der Waals surface area contributed by atoms with Crippen LogP contribution in [0.4, 0.5) is 5.82 Å². The molecule has 120 valence electrons. The quantitative estimate of drug-likeness (QED) is 0.510. The van der Waals surface area contributed by atoms with Crippen LogP contribution in [0.1, 0.15) is 41.0 Å². The number of carbonyl (C=O) groups excluding carboxylic acids is 1. The summed E-state index contributed by atoms with van der Waals surface area (Å²) in [4.78, 5) is 23.2. The third kappa shape index (κ3) is 3.65. The highest BCUT2D eigenvalue weighted by atomic mass is 16.2. The predicted octanol–water partition coefficient (Wildman–Crippen LogP) is 1.66. The van der Waals surface area contributed by atoms with Crippen LogP contribution in [0.5, 0.6) is 0 Å². The van der Waals surface area contributed by atoms with Gasteiger partial charge in [-0.2, -0.15) is 0 Å². The number of piperidine rings is 1. The Kier molecular flexibility index (Phi) is 4.83. The summed E-state index contributed by atoms with van der Waals surface area (Å²) in [6.07, 6.45) is 5.67. The molecule has 2 aromatic rings. The Bertz CT molecular complexity index is 668. The van der Waals surface area contributed by atoms with E-state index in [9.17, 15) is 4.79 Å². The van der Waals surface area contributed by atoms with Gasteiger partial charge in [-0.25, -0.2) is 15.8 Å². The van der Waals surface area contributed by atoms with Crippen molar-refractivity contribution in [2.75, 3.05) is 18.0 Å². The molecule has 1 aromatic heterocycles. The SMILES string of the molecule is NNC(=O)c1cnc(Cc2ccccc2)nc1N1CCCCC1. The molecule has 6 heteroatoms. The van der Waals surface area contributed by atoms with Crippen molar-refractivity contribution >= 4 is 11.7 Å². The average molecular weight is 311 g/mol. The molecule has 1 saturated heterocycles. The Labute approximate surface area is 135 Å². The predicted molar refractivity (Wildman–Crippen MR) is 89.0 cm³/mol. The van der Waals surface area contributed by atoms with Crippen LogP contribution >= 0.6 is 0 Å². The van der Waals surface area contributed by atoms with E-state index in [1.54, 1.807) is 6.20 Å². The lowest BCUT2D eigenvalue weighted by atomic mass is 10.1. The second kappa shape index (κ2) is 7.19. The monoisotopic (exact) mass is 311 g/mol. The van der Waals surface area contributed by atoms with E-state index in [0.29, 0.717) is 23.6 Å². The number of hydrogen-bond acceptors (Lipinski definition) is 5. The molecule has 0 spiro atoms. The van der Waals surface area contributed by atoms with Crippen molar-refractivity contribution in [2.45, 2.75) is 25.7 Å². The molecule has 0 radical (unpaired) electrons. The van der Waals surface area contributed by atoms with E-state index >= 15 is 0 Å². The van der Waals surface area contributed by atoms with Crippen LogP contribution in [0.2, 0.25) is 0 Å². The van der Waals surface area contributed by atoms with Gasteiger partial charge in [0.25, 0.3) is 5.91 Å². The molecule has 1 aromatic carbocycles. The van der Waals surface area contributed by atoms with Gasteiger partial charge < -0.3 is 4.90 Å². The number of hydrazine groups is 1. The van der Waals surface area contributed by atoms with Gasteiger partial charge in [-0.3, -0.25) is 10.2 Å². The molecule has 1 amide bonds. The van der Waals surface area contributed by atoms with E-state index in [4.69, 9.17) is 5.84 Å². The normalized spacial score (nSPS) is 14.6. The van der Waals surface area contributed by atoms with Crippen LogP contribution < -0.4 is 16.2 Å². The van der Waals surface area contributed by atoms with E-state index in [2.05, 4.69) is 20.3 Å². The molecule has 0 atom stereocenters. The first kappa shape index (κ1) is 15.4. The lowest BCUT2D eigenvalue weighted by Gasteiger charge is -2.29. The van der Waals surface area contributed by atoms with Gasteiger partial charge in [-0.1, -0.05) is 30.3 Å². The summed E-state index contributed by atoms with van der Waals surface area (Å²) in [5.41, 5.74) is 3.77. The summed E-state index contributed by atoms with van der Waals surface area (Å²) in [5, 5.41) is 0. The Balaban J connectivity index is 1.92.